The van der Waals surface area contributed by atoms with Gasteiger partial charge in [-0.3, -0.25) is 0 Å². The summed E-state index contributed by atoms with van der Waals surface area (Å²) >= 11 is 8.72. The quantitative estimate of drug-likeness (QED) is 0.784. The molecule has 6 heteroatoms. The minimum atomic E-state index is -1.49. The number of halogens is 5. The fraction of sp³-hybridized carbons (Fsp3) is 0.0769. The van der Waals surface area contributed by atoms with Crippen molar-refractivity contribution in [2.45, 2.75) is 6.10 Å². The Labute approximate surface area is 120 Å². The minimum Gasteiger partial charge on any atom is -0.383 e. The van der Waals surface area contributed by atoms with Gasteiger partial charge >= 0.3 is 0 Å². The fourth-order valence-electron chi connectivity index (χ4n) is 1.65. The Hall–Kier alpha value is -1.04. The van der Waals surface area contributed by atoms with Crippen LogP contribution in [0.15, 0.2) is 34.8 Å². The van der Waals surface area contributed by atoms with Crippen molar-refractivity contribution in [1.82, 2.24) is 0 Å². The molecular formula is C13H7BrClF3O. The van der Waals surface area contributed by atoms with Crippen LogP contribution >= 0.6 is 27.5 Å². The molecule has 2 aromatic rings. The predicted octanol–water partition coefficient (Wildman–Crippen LogP) is 4.60. The van der Waals surface area contributed by atoms with Crippen LogP contribution in [0.4, 0.5) is 13.2 Å². The van der Waals surface area contributed by atoms with Crippen molar-refractivity contribution in [3.05, 3.63) is 68.4 Å². The second-order valence-corrected chi connectivity index (χ2v) is 5.09. The molecule has 1 nitrogen and oxygen atoms in total. The van der Waals surface area contributed by atoms with Gasteiger partial charge in [-0.2, -0.15) is 0 Å². The second-order valence-electron chi connectivity index (χ2n) is 3.83. The minimum absolute atomic E-state index is 0.0812. The molecule has 0 aliphatic heterocycles. The highest BCUT2D eigenvalue weighted by atomic mass is 79.9. The number of hydrogen-bond acceptors (Lipinski definition) is 1. The fourth-order valence-corrected chi connectivity index (χ4v) is 2.28. The molecule has 0 aromatic heterocycles. The van der Waals surface area contributed by atoms with E-state index in [1.54, 1.807) is 0 Å². The zero-order valence-electron chi connectivity index (χ0n) is 9.30. The highest BCUT2D eigenvalue weighted by Crippen LogP contribution is 2.33. The number of aliphatic hydroxyl groups is 1. The molecule has 0 saturated carbocycles. The molecule has 1 atom stereocenters. The molecule has 0 bridgehead atoms. The summed E-state index contributed by atoms with van der Waals surface area (Å²) in [5.41, 5.74) is -0.181. The van der Waals surface area contributed by atoms with Gasteiger partial charge < -0.3 is 5.11 Å². The number of hydrogen-bond donors (Lipinski definition) is 1. The summed E-state index contributed by atoms with van der Waals surface area (Å²) in [6, 6.07) is 5.80. The Morgan fingerprint density at radius 2 is 1.68 bits per heavy atom. The lowest BCUT2D eigenvalue weighted by atomic mass is 10.0. The number of benzene rings is 2. The van der Waals surface area contributed by atoms with Crippen LogP contribution in [0.1, 0.15) is 17.2 Å². The van der Waals surface area contributed by atoms with Gasteiger partial charge in [0.2, 0.25) is 0 Å². The summed E-state index contributed by atoms with van der Waals surface area (Å²) in [6.45, 7) is 0. The molecule has 19 heavy (non-hydrogen) atoms. The summed E-state index contributed by atoms with van der Waals surface area (Å²) in [5.74, 6) is -2.97. The Morgan fingerprint density at radius 1 is 1.05 bits per heavy atom. The zero-order chi connectivity index (χ0) is 14.2. The standard InChI is InChI=1S/C13H7BrClF3O/c14-8-3-1-2-6(12(8)18)13(19)7-4-10(16)11(17)5-9(7)15/h1-5,13,19H. The summed E-state index contributed by atoms with van der Waals surface area (Å²) in [6.07, 6.45) is -1.49. The maximum atomic E-state index is 13.8. The third-order valence-corrected chi connectivity index (χ3v) is 3.55. The zero-order valence-corrected chi connectivity index (χ0v) is 11.6. The average molecular weight is 352 g/mol. The molecule has 0 amide bonds. The lowest BCUT2D eigenvalue weighted by Gasteiger charge is -2.15. The van der Waals surface area contributed by atoms with Crippen LogP contribution in [0.25, 0.3) is 0 Å². The average Bonchev–Trinajstić information content (AvgIpc) is 2.36. The van der Waals surface area contributed by atoms with E-state index in [9.17, 15) is 18.3 Å². The highest BCUT2D eigenvalue weighted by Gasteiger charge is 2.21. The normalized spacial score (nSPS) is 12.5. The van der Waals surface area contributed by atoms with E-state index >= 15 is 0 Å². The maximum Gasteiger partial charge on any atom is 0.160 e. The van der Waals surface area contributed by atoms with Crippen LogP contribution in [0, 0.1) is 17.5 Å². The van der Waals surface area contributed by atoms with Crippen molar-refractivity contribution in [3.8, 4) is 0 Å². The van der Waals surface area contributed by atoms with E-state index < -0.39 is 23.6 Å². The SMILES string of the molecule is OC(c1cc(F)c(F)cc1Cl)c1cccc(Br)c1F. The summed E-state index contributed by atoms with van der Waals surface area (Å²) in [4.78, 5) is 0. The van der Waals surface area contributed by atoms with E-state index in [4.69, 9.17) is 11.6 Å². The third kappa shape index (κ3) is 2.78. The first-order valence-electron chi connectivity index (χ1n) is 5.18. The highest BCUT2D eigenvalue weighted by molar-refractivity contribution is 9.10. The molecule has 0 heterocycles. The molecule has 1 N–H and O–H groups in total. The van der Waals surface area contributed by atoms with E-state index in [1.165, 1.54) is 18.2 Å². The molecule has 2 aromatic carbocycles. The molecule has 0 aliphatic carbocycles. The van der Waals surface area contributed by atoms with E-state index in [0.29, 0.717) is 0 Å². The van der Waals surface area contributed by atoms with Gasteiger partial charge in [0.05, 0.1) is 4.47 Å². The van der Waals surface area contributed by atoms with Gasteiger partial charge in [-0.25, -0.2) is 13.2 Å². The summed E-state index contributed by atoms with van der Waals surface area (Å²) < 4.78 is 40.1. The second kappa shape index (κ2) is 5.53. The van der Waals surface area contributed by atoms with Gasteiger partial charge in [-0.1, -0.05) is 23.7 Å². The van der Waals surface area contributed by atoms with Crippen molar-refractivity contribution in [2.75, 3.05) is 0 Å². The van der Waals surface area contributed by atoms with Crippen molar-refractivity contribution < 1.29 is 18.3 Å². The Kier molecular flexibility index (Phi) is 4.18. The van der Waals surface area contributed by atoms with Crippen molar-refractivity contribution in [3.63, 3.8) is 0 Å². The summed E-state index contributed by atoms with van der Waals surface area (Å²) in [5, 5.41) is 9.88. The van der Waals surface area contributed by atoms with E-state index in [-0.39, 0.29) is 20.6 Å². The Balaban J connectivity index is 2.53. The Morgan fingerprint density at radius 3 is 2.37 bits per heavy atom. The van der Waals surface area contributed by atoms with Crippen LogP contribution in [-0.4, -0.2) is 5.11 Å². The Bertz CT molecular complexity index is 634. The van der Waals surface area contributed by atoms with E-state index in [0.717, 1.165) is 12.1 Å². The monoisotopic (exact) mass is 350 g/mol. The third-order valence-electron chi connectivity index (χ3n) is 2.61. The molecule has 0 aliphatic rings. The van der Waals surface area contributed by atoms with Crippen LogP contribution in [0.3, 0.4) is 0 Å². The first kappa shape index (κ1) is 14.4. The predicted molar refractivity (Wildman–Crippen MR) is 69.5 cm³/mol. The van der Waals surface area contributed by atoms with Crippen molar-refractivity contribution in [2.24, 2.45) is 0 Å². The molecule has 0 spiro atoms. The lowest BCUT2D eigenvalue weighted by Crippen LogP contribution is -2.05. The lowest BCUT2D eigenvalue weighted by molar-refractivity contribution is 0.214. The van der Waals surface area contributed by atoms with Crippen molar-refractivity contribution in [1.29, 1.82) is 0 Å². The molecule has 0 saturated heterocycles. The molecule has 1 unspecified atom stereocenters. The van der Waals surface area contributed by atoms with Gasteiger partial charge in [0.25, 0.3) is 0 Å². The molecular weight excluding hydrogens is 344 g/mol. The topological polar surface area (TPSA) is 20.2 Å². The van der Waals surface area contributed by atoms with Gasteiger partial charge in [-0.15, -0.1) is 0 Å². The smallest absolute Gasteiger partial charge is 0.160 e. The summed E-state index contributed by atoms with van der Waals surface area (Å²) in [7, 11) is 0. The van der Waals surface area contributed by atoms with E-state index in [2.05, 4.69) is 15.9 Å². The molecule has 0 fully saturated rings. The maximum absolute atomic E-state index is 13.8. The van der Waals surface area contributed by atoms with Gasteiger partial charge in [0, 0.05) is 16.1 Å². The van der Waals surface area contributed by atoms with Crippen molar-refractivity contribution >= 4 is 27.5 Å². The molecule has 100 valence electrons. The van der Waals surface area contributed by atoms with Crippen LogP contribution in [-0.2, 0) is 0 Å². The van der Waals surface area contributed by atoms with E-state index in [1.807, 2.05) is 0 Å². The molecule has 2 rings (SSSR count). The number of rotatable bonds is 2. The number of aliphatic hydroxyl groups excluding tert-OH is 1. The van der Waals surface area contributed by atoms with Gasteiger partial charge in [-0.05, 0) is 34.1 Å². The van der Waals surface area contributed by atoms with Crippen LogP contribution in [0.2, 0.25) is 5.02 Å². The first-order valence-corrected chi connectivity index (χ1v) is 6.35. The van der Waals surface area contributed by atoms with Crippen LogP contribution in [0.5, 0.6) is 0 Å². The largest absolute Gasteiger partial charge is 0.383 e. The van der Waals surface area contributed by atoms with Gasteiger partial charge in [0.1, 0.15) is 11.9 Å². The van der Waals surface area contributed by atoms with Crippen LogP contribution < -0.4 is 0 Å². The first-order chi connectivity index (χ1) is 8.91. The molecule has 0 radical (unpaired) electrons. The van der Waals surface area contributed by atoms with Gasteiger partial charge in [0.15, 0.2) is 11.6 Å².